The average Bonchev–Trinajstić information content (AvgIpc) is 2.64. The van der Waals surface area contributed by atoms with Crippen LogP contribution in [0.4, 0.5) is 0 Å². The molecule has 0 amide bonds. The molecular formula is C10H6ClNO2S2. The molecule has 0 unspecified atom stereocenters. The molecule has 0 fully saturated rings. The Kier molecular flexibility index (Phi) is 3.48. The fourth-order valence-corrected chi connectivity index (χ4v) is 3.18. The van der Waals surface area contributed by atoms with Crippen molar-refractivity contribution in [2.24, 2.45) is 0 Å². The van der Waals surface area contributed by atoms with Gasteiger partial charge in [0, 0.05) is 10.3 Å². The summed E-state index contributed by atoms with van der Waals surface area (Å²) in [6, 6.07) is 6.82. The monoisotopic (exact) mass is 271 g/mol. The lowest BCUT2D eigenvalue weighted by molar-refractivity contribution is 0.0693. The van der Waals surface area contributed by atoms with Crippen LogP contribution in [0.1, 0.15) is 10.4 Å². The Labute approximate surface area is 105 Å². The highest BCUT2D eigenvalue weighted by Crippen LogP contribution is 2.33. The first kappa shape index (κ1) is 11.4. The van der Waals surface area contributed by atoms with Crippen LogP contribution in [0.25, 0.3) is 0 Å². The van der Waals surface area contributed by atoms with Gasteiger partial charge in [-0.15, -0.1) is 11.3 Å². The van der Waals surface area contributed by atoms with Gasteiger partial charge in [-0.3, -0.25) is 0 Å². The lowest BCUT2D eigenvalue weighted by Gasteiger charge is -2.02. The van der Waals surface area contributed by atoms with Gasteiger partial charge in [-0.05, 0) is 12.1 Å². The standard InChI is InChI=1S/C10H6ClNO2S2/c11-8-5-15-10(12-8)16-7-4-2-1-3-6(7)9(13)14/h1-5H,(H,13,14). The molecule has 16 heavy (non-hydrogen) atoms. The van der Waals surface area contributed by atoms with Crippen molar-refractivity contribution in [1.29, 1.82) is 0 Å². The van der Waals surface area contributed by atoms with Gasteiger partial charge >= 0.3 is 5.97 Å². The fourth-order valence-electron chi connectivity index (χ4n) is 1.11. The van der Waals surface area contributed by atoms with Crippen LogP contribution in [-0.2, 0) is 0 Å². The van der Waals surface area contributed by atoms with Crippen LogP contribution in [0.15, 0.2) is 38.9 Å². The normalized spacial score (nSPS) is 10.3. The number of benzene rings is 1. The maximum atomic E-state index is 11.0. The number of nitrogens with zero attached hydrogens (tertiary/aromatic N) is 1. The van der Waals surface area contributed by atoms with Crippen molar-refractivity contribution in [2.45, 2.75) is 9.24 Å². The summed E-state index contributed by atoms with van der Waals surface area (Å²) in [5.41, 5.74) is 0.277. The van der Waals surface area contributed by atoms with Crippen LogP contribution in [0.2, 0.25) is 5.15 Å². The summed E-state index contributed by atoms with van der Waals surface area (Å²) in [4.78, 5) is 15.7. The lowest BCUT2D eigenvalue weighted by Crippen LogP contribution is -1.97. The molecule has 3 nitrogen and oxygen atoms in total. The van der Waals surface area contributed by atoms with E-state index in [0.717, 1.165) is 4.34 Å². The molecule has 82 valence electrons. The van der Waals surface area contributed by atoms with E-state index in [1.807, 2.05) is 0 Å². The number of aromatic carboxylic acids is 1. The number of aromatic nitrogens is 1. The highest BCUT2D eigenvalue weighted by Gasteiger charge is 2.11. The maximum absolute atomic E-state index is 11.0. The number of hydrogen-bond donors (Lipinski definition) is 1. The summed E-state index contributed by atoms with van der Waals surface area (Å²) in [6.07, 6.45) is 0. The molecule has 0 saturated heterocycles. The molecule has 0 spiro atoms. The van der Waals surface area contributed by atoms with Crippen LogP contribution in [0.3, 0.4) is 0 Å². The summed E-state index contributed by atoms with van der Waals surface area (Å²) in [6.45, 7) is 0. The molecule has 0 aliphatic rings. The highest BCUT2D eigenvalue weighted by molar-refractivity contribution is 8.01. The van der Waals surface area contributed by atoms with Gasteiger partial charge in [0.15, 0.2) is 4.34 Å². The number of carboxylic acids is 1. The van der Waals surface area contributed by atoms with E-state index in [1.165, 1.54) is 23.1 Å². The minimum Gasteiger partial charge on any atom is -0.478 e. The van der Waals surface area contributed by atoms with Crippen molar-refractivity contribution in [3.63, 3.8) is 0 Å². The molecule has 0 atom stereocenters. The molecule has 0 aliphatic carbocycles. The third kappa shape index (κ3) is 2.55. The number of rotatable bonds is 3. The van der Waals surface area contributed by atoms with E-state index in [0.29, 0.717) is 10.0 Å². The maximum Gasteiger partial charge on any atom is 0.336 e. The largest absolute Gasteiger partial charge is 0.478 e. The predicted molar refractivity (Wildman–Crippen MR) is 64.6 cm³/mol. The van der Waals surface area contributed by atoms with Gasteiger partial charge in [-0.1, -0.05) is 35.5 Å². The Morgan fingerprint density at radius 1 is 1.44 bits per heavy atom. The zero-order chi connectivity index (χ0) is 11.5. The van der Waals surface area contributed by atoms with Crippen LogP contribution < -0.4 is 0 Å². The van der Waals surface area contributed by atoms with Crippen molar-refractivity contribution in [3.8, 4) is 0 Å². The third-order valence-corrected chi connectivity index (χ3v) is 4.11. The Morgan fingerprint density at radius 2 is 2.19 bits per heavy atom. The SMILES string of the molecule is O=C(O)c1ccccc1Sc1nc(Cl)cs1. The van der Waals surface area contributed by atoms with Crippen molar-refractivity contribution in [2.75, 3.05) is 0 Å². The molecule has 1 N–H and O–H groups in total. The summed E-state index contributed by atoms with van der Waals surface area (Å²) >= 11 is 8.40. The molecule has 2 aromatic rings. The fraction of sp³-hybridized carbons (Fsp3) is 0. The van der Waals surface area contributed by atoms with E-state index < -0.39 is 5.97 Å². The summed E-state index contributed by atoms with van der Waals surface area (Å²) in [7, 11) is 0. The van der Waals surface area contributed by atoms with Crippen molar-refractivity contribution in [1.82, 2.24) is 4.98 Å². The Hall–Kier alpha value is -1.04. The zero-order valence-electron chi connectivity index (χ0n) is 7.88. The van der Waals surface area contributed by atoms with E-state index in [4.69, 9.17) is 16.7 Å². The van der Waals surface area contributed by atoms with Crippen LogP contribution in [0, 0.1) is 0 Å². The summed E-state index contributed by atoms with van der Waals surface area (Å²) in [5.74, 6) is -0.939. The Morgan fingerprint density at radius 3 is 2.81 bits per heavy atom. The molecule has 1 heterocycles. The van der Waals surface area contributed by atoms with E-state index in [9.17, 15) is 4.79 Å². The highest BCUT2D eigenvalue weighted by atomic mass is 35.5. The number of halogens is 1. The number of carboxylic acid groups (broad SMARTS) is 1. The Bertz CT molecular complexity index is 527. The number of hydrogen-bond acceptors (Lipinski definition) is 4. The molecule has 2 rings (SSSR count). The van der Waals surface area contributed by atoms with Gasteiger partial charge in [0.2, 0.25) is 0 Å². The van der Waals surface area contributed by atoms with Crippen molar-refractivity contribution in [3.05, 3.63) is 40.4 Å². The van der Waals surface area contributed by atoms with Crippen molar-refractivity contribution >= 4 is 40.7 Å². The van der Waals surface area contributed by atoms with Crippen molar-refractivity contribution < 1.29 is 9.90 Å². The third-order valence-electron chi connectivity index (χ3n) is 1.77. The predicted octanol–water partition coefficient (Wildman–Crippen LogP) is 3.65. The van der Waals surface area contributed by atoms with Gasteiger partial charge < -0.3 is 5.11 Å². The molecule has 0 aliphatic heterocycles. The van der Waals surface area contributed by atoms with Gasteiger partial charge in [-0.25, -0.2) is 9.78 Å². The smallest absolute Gasteiger partial charge is 0.336 e. The van der Waals surface area contributed by atoms with E-state index >= 15 is 0 Å². The van der Waals surface area contributed by atoms with Crippen LogP contribution in [-0.4, -0.2) is 16.1 Å². The van der Waals surface area contributed by atoms with Gasteiger partial charge in [0.25, 0.3) is 0 Å². The summed E-state index contributed by atoms with van der Waals surface area (Å²) < 4.78 is 0.735. The van der Waals surface area contributed by atoms with E-state index in [-0.39, 0.29) is 5.56 Å². The van der Waals surface area contributed by atoms with E-state index in [2.05, 4.69) is 4.98 Å². The first-order valence-electron chi connectivity index (χ1n) is 4.28. The van der Waals surface area contributed by atoms with Gasteiger partial charge in [0.1, 0.15) is 5.15 Å². The van der Waals surface area contributed by atoms with Crippen LogP contribution >= 0.6 is 34.7 Å². The van der Waals surface area contributed by atoms with E-state index in [1.54, 1.807) is 29.6 Å². The minimum atomic E-state index is -0.939. The second-order valence-electron chi connectivity index (χ2n) is 2.84. The number of carbonyl (C=O) groups is 1. The van der Waals surface area contributed by atoms with Gasteiger partial charge in [0.05, 0.1) is 5.56 Å². The molecular weight excluding hydrogens is 266 g/mol. The molecule has 0 saturated carbocycles. The molecule has 6 heteroatoms. The lowest BCUT2D eigenvalue weighted by atomic mass is 10.2. The quantitative estimate of drug-likeness (QED) is 0.926. The first-order chi connectivity index (χ1) is 7.66. The molecule has 0 radical (unpaired) electrons. The molecule has 1 aromatic carbocycles. The zero-order valence-corrected chi connectivity index (χ0v) is 10.3. The second-order valence-corrected chi connectivity index (χ2v) is 5.37. The molecule has 1 aromatic heterocycles. The average molecular weight is 272 g/mol. The number of thiazole rings is 1. The second kappa shape index (κ2) is 4.86. The molecule has 0 bridgehead atoms. The minimum absolute atomic E-state index is 0.277. The first-order valence-corrected chi connectivity index (χ1v) is 6.35. The Balaban J connectivity index is 2.31. The van der Waals surface area contributed by atoms with Gasteiger partial charge in [-0.2, -0.15) is 0 Å². The van der Waals surface area contributed by atoms with Crippen LogP contribution in [0.5, 0.6) is 0 Å². The summed E-state index contributed by atoms with van der Waals surface area (Å²) in [5, 5.41) is 11.1. The topological polar surface area (TPSA) is 50.2 Å².